The molecule has 0 aromatic heterocycles. The molecule has 96 valence electrons. The number of hydrogen-bond donors (Lipinski definition) is 1. The second-order valence-corrected chi connectivity index (χ2v) is 6.32. The van der Waals surface area contributed by atoms with E-state index in [0.717, 1.165) is 18.4 Å². The number of thioether (sulfide) groups is 1. The minimum absolute atomic E-state index is 0.354. The second kappa shape index (κ2) is 8.37. The van der Waals surface area contributed by atoms with Gasteiger partial charge in [-0.15, -0.1) is 0 Å². The third-order valence-electron chi connectivity index (χ3n) is 3.17. The summed E-state index contributed by atoms with van der Waals surface area (Å²) in [6.45, 7) is 7.44. The highest BCUT2D eigenvalue weighted by molar-refractivity contribution is 7.99. The molecule has 0 spiro atoms. The van der Waals surface area contributed by atoms with Crippen molar-refractivity contribution in [3.05, 3.63) is 0 Å². The fourth-order valence-electron chi connectivity index (χ4n) is 2.34. The molecule has 16 heavy (non-hydrogen) atoms. The van der Waals surface area contributed by atoms with Crippen LogP contribution in [-0.4, -0.2) is 47.3 Å². The van der Waals surface area contributed by atoms with E-state index in [1.807, 2.05) is 0 Å². The van der Waals surface area contributed by atoms with E-state index in [9.17, 15) is 0 Å². The van der Waals surface area contributed by atoms with Crippen molar-refractivity contribution in [1.82, 2.24) is 4.90 Å². The van der Waals surface area contributed by atoms with Crippen LogP contribution in [0.4, 0.5) is 0 Å². The maximum atomic E-state index is 8.87. The van der Waals surface area contributed by atoms with E-state index >= 15 is 0 Å². The molecule has 1 rings (SSSR count). The Morgan fingerprint density at radius 1 is 1.44 bits per heavy atom. The van der Waals surface area contributed by atoms with Crippen LogP contribution in [0.5, 0.6) is 0 Å². The van der Waals surface area contributed by atoms with Gasteiger partial charge in [-0.25, -0.2) is 0 Å². The van der Waals surface area contributed by atoms with Gasteiger partial charge in [-0.05, 0) is 43.9 Å². The Hall–Kier alpha value is 0.270. The molecule has 1 aliphatic rings. The Labute approximate surface area is 105 Å². The van der Waals surface area contributed by atoms with E-state index in [1.165, 1.54) is 43.9 Å². The minimum Gasteiger partial charge on any atom is -0.396 e. The number of hydrogen-bond acceptors (Lipinski definition) is 3. The minimum atomic E-state index is 0.354. The maximum absolute atomic E-state index is 8.87. The Balaban J connectivity index is 2.09. The first-order valence-corrected chi connectivity index (χ1v) is 7.82. The Bertz CT molecular complexity index is 175. The van der Waals surface area contributed by atoms with Gasteiger partial charge in [0, 0.05) is 24.9 Å². The van der Waals surface area contributed by atoms with Crippen molar-refractivity contribution in [2.75, 3.05) is 31.2 Å². The van der Waals surface area contributed by atoms with Crippen LogP contribution in [-0.2, 0) is 0 Å². The van der Waals surface area contributed by atoms with Crippen molar-refractivity contribution in [1.29, 1.82) is 0 Å². The summed E-state index contributed by atoms with van der Waals surface area (Å²) in [6, 6.07) is 0.756. The first-order chi connectivity index (χ1) is 7.74. The smallest absolute Gasteiger partial charge is 0.0431 e. The summed E-state index contributed by atoms with van der Waals surface area (Å²) in [5, 5.41) is 8.87. The van der Waals surface area contributed by atoms with Crippen molar-refractivity contribution in [2.24, 2.45) is 5.92 Å². The fraction of sp³-hybridized carbons (Fsp3) is 1.00. The Morgan fingerprint density at radius 3 is 2.94 bits per heavy atom. The molecular weight excluding hydrogens is 218 g/mol. The molecule has 1 unspecified atom stereocenters. The van der Waals surface area contributed by atoms with Crippen LogP contribution < -0.4 is 0 Å². The lowest BCUT2D eigenvalue weighted by atomic mass is 10.1. The molecule has 2 nitrogen and oxygen atoms in total. The van der Waals surface area contributed by atoms with E-state index < -0.39 is 0 Å². The van der Waals surface area contributed by atoms with Crippen molar-refractivity contribution in [3.63, 3.8) is 0 Å². The molecule has 0 aromatic carbocycles. The highest BCUT2D eigenvalue weighted by Gasteiger charge is 2.23. The average molecular weight is 245 g/mol. The van der Waals surface area contributed by atoms with Gasteiger partial charge in [-0.1, -0.05) is 13.8 Å². The molecular formula is C13H27NOS. The van der Waals surface area contributed by atoms with Crippen LogP contribution in [0.3, 0.4) is 0 Å². The normalized spacial score (nSPS) is 22.1. The average Bonchev–Trinajstić information content (AvgIpc) is 2.69. The summed E-state index contributed by atoms with van der Waals surface area (Å²) in [7, 11) is 0. The van der Waals surface area contributed by atoms with Gasteiger partial charge in [0.15, 0.2) is 0 Å². The lowest BCUT2D eigenvalue weighted by molar-refractivity contribution is 0.225. The third kappa shape index (κ3) is 5.55. The van der Waals surface area contributed by atoms with Crippen molar-refractivity contribution < 1.29 is 5.11 Å². The zero-order chi connectivity index (χ0) is 11.8. The predicted octanol–water partition coefficient (Wildman–Crippen LogP) is 2.61. The van der Waals surface area contributed by atoms with Gasteiger partial charge < -0.3 is 5.11 Å². The van der Waals surface area contributed by atoms with E-state index in [2.05, 4.69) is 30.5 Å². The quantitative estimate of drug-likeness (QED) is 0.665. The molecule has 0 saturated carbocycles. The molecule has 0 aliphatic carbocycles. The SMILES string of the molecule is CC(C)CSCCN1CCCC1CCCO. The van der Waals surface area contributed by atoms with Crippen molar-refractivity contribution in [2.45, 2.75) is 45.6 Å². The number of aliphatic hydroxyl groups is 1. The van der Waals surface area contributed by atoms with Crippen LogP contribution in [0.1, 0.15) is 39.5 Å². The Kier molecular flexibility index (Phi) is 7.50. The molecule has 3 heteroatoms. The molecule has 0 bridgehead atoms. The van der Waals surface area contributed by atoms with E-state index in [0.29, 0.717) is 6.61 Å². The van der Waals surface area contributed by atoms with Gasteiger partial charge in [-0.3, -0.25) is 4.90 Å². The van der Waals surface area contributed by atoms with Gasteiger partial charge in [0.25, 0.3) is 0 Å². The molecule has 1 aliphatic heterocycles. The summed E-state index contributed by atoms with van der Waals surface area (Å²) >= 11 is 2.08. The molecule has 1 saturated heterocycles. The molecule has 0 aromatic rings. The molecule has 1 fully saturated rings. The maximum Gasteiger partial charge on any atom is 0.0431 e. The van der Waals surface area contributed by atoms with Gasteiger partial charge in [0.2, 0.25) is 0 Å². The number of likely N-dealkylation sites (tertiary alicyclic amines) is 1. The number of rotatable bonds is 8. The Morgan fingerprint density at radius 2 is 2.25 bits per heavy atom. The lowest BCUT2D eigenvalue weighted by Gasteiger charge is -2.24. The standard InChI is InChI=1S/C13H27NOS/c1-12(2)11-16-10-8-14-7-3-5-13(14)6-4-9-15/h12-13,15H,3-11H2,1-2H3. The topological polar surface area (TPSA) is 23.5 Å². The van der Waals surface area contributed by atoms with Crippen LogP contribution in [0.25, 0.3) is 0 Å². The van der Waals surface area contributed by atoms with E-state index in [4.69, 9.17) is 5.11 Å². The van der Waals surface area contributed by atoms with Crippen LogP contribution in [0, 0.1) is 5.92 Å². The second-order valence-electron chi connectivity index (χ2n) is 5.17. The summed E-state index contributed by atoms with van der Waals surface area (Å²) in [6.07, 6.45) is 4.85. The largest absolute Gasteiger partial charge is 0.396 e. The zero-order valence-electron chi connectivity index (χ0n) is 10.8. The van der Waals surface area contributed by atoms with Crippen molar-refractivity contribution in [3.8, 4) is 0 Å². The monoisotopic (exact) mass is 245 g/mol. The highest BCUT2D eigenvalue weighted by Crippen LogP contribution is 2.21. The van der Waals surface area contributed by atoms with Gasteiger partial charge in [0.05, 0.1) is 0 Å². The van der Waals surface area contributed by atoms with Crippen LogP contribution in [0.2, 0.25) is 0 Å². The molecule has 1 atom stereocenters. The van der Waals surface area contributed by atoms with Crippen LogP contribution in [0.15, 0.2) is 0 Å². The summed E-state index contributed by atoms with van der Waals surface area (Å²) < 4.78 is 0. The van der Waals surface area contributed by atoms with Crippen LogP contribution >= 0.6 is 11.8 Å². The van der Waals surface area contributed by atoms with Gasteiger partial charge in [0.1, 0.15) is 0 Å². The first-order valence-electron chi connectivity index (χ1n) is 6.66. The highest BCUT2D eigenvalue weighted by atomic mass is 32.2. The zero-order valence-corrected chi connectivity index (χ0v) is 11.6. The molecule has 1 N–H and O–H groups in total. The van der Waals surface area contributed by atoms with Gasteiger partial charge >= 0.3 is 0 Å². The number of nitrogens with zero attached hydrogens (tertiary/aromatic N) is 1. The predicted molar refractivity (Wildman–Crippen MR) is 73.1 cm³/mol. The first kappa shape index (κ1) is 14.3. The number of aliphatic hydroxyl groups excluding tert-OH is 1. The molecule has 0 amide bonds. The summed E-state index contributed by atoms with van der Waals surface area (Å²) in [5.41, 5.74) is 0. The fourth-order valence-corrected chi connectivity index (χ4v) is 3.35. The van der Waals surface area contributed by atoms with E-state index in [-0.39, 0.29) is 0 Å². The third-order valence-corrected chi connectivity index (χ3v) is 4.54. The molecule has 0 radical (unpaired) electrons. The van der Waals surface area contributed by atoms with Crippen molar-refractivity contribution >= 4 is 11.8 Å². The summed E-state index contributed by atoms with van der Waals surface area (Å²) in [5.74, 6) is 3.37. The summed E-state index contributed by atoms with van der Waals surface area (Å²) in [4.78, 5) is 2.63. The lowest BCUT2D eigenvalue weighted by Crippen LogP contribution is -2.31. The molecule has 1 heterocycles. The van der Waals surface area contributed by atoms with Gasteiger partial charge in [-0.2, -0.15) is 11.8 Å². The van der Waals surface area contributed by atoms with E-state index in [1.54, 1.807) is 0 Å².